The molecule has 120 valence electrons. The van der Waals surface area contributed by atoms with Gasteiger partial charge in [-0.3, -0.25) is 4.72 Å². The maximum atomic E-state index is 12.9. The van der Waals surface area contributed by atoms with Gasteiger partial charge in [0, 0.05) is 5.69 Å². The molecule has 5 nitrogen and oxygen atoms in total. The van der Waals surface area contributed by atoms with Crippen molar-refractivity contribution in [2.75, 3.05) is 4.72 Å². The van der Waals surface area contributed by atoms with Crippen LogP contribution in [0.15, 0.2) is 41.3 Å². The lowest BCUT2D eigenvalue weighted by molar-refractivity contribution is 0.0696. The van der Waals surface area contributed by atoms with Crippen LogP contribution in [0.1, 0.15) is 27.9 Å². The number of fused-ring (bicyclic) bond motifs is 1. The lowest BCUT2D eigenvalue weighted by Gasteiger charge is -2.13. The monoisotopic (exact) mass is 335 g/mol. The van der Waals surface area contributed by atoms with Gasteiger partial charge in [-0.2, -0.15) is 0 Å². The summed E-state index contributed by atoms with van der Waals surface area (Å²) in [5, 5.41) is 9.17. The van der Waals surface area contributed by atoms with E-state index in [0.717, 1.165) is 24.1 Å². The molecule has 0 saturated carbocycles. The first-order valence-electron chi connectivity index (χ1n) is 7.04. The molecule has 7 heteroatoms. The standard InChI is InChI=1S/C16H14FNO4S/c17-12-4-6-13(7-5-12)18-23(21,22)15-9-11(16(19)20)8-10-2-1-3-14(10)15/h4-9,18H,1-3H2,(H,19,20). The van der Waals surface area contributed by atoms with Crippen molar-refractivity contribution in [3.63, 3.8) is 0 Å². The zero-order valence-electron chi connectivity index (χ0n) is 12.0. The van der Waals surface area contributed by atoms with Gasteiger partial charge in [-0.05, 0) is 66.8 Å². The Morgan fingerprint density at radius 1 is 1.13 bits per heavy atom. The summed E-state index contributed by atoms with van der Waals surface area (Å²) in [6.45, 7) is 0. The summed E-state index contributed by atoms with van der Waals surface area (Å²) < 4.78 is 40.5. The first-order valence-corrected chi connectivity index (χ1v) is 8.52. The van der Waals surface area contributed by atoms with Gasteiger partial charge in [0.2, 0.25) is 0 Å². The van der Waals surface area contributed by atoms with E-state index in [1.165, 1.54) is 24.3 Å². The van der Waals surface area contributed by atoms with Gasteiger partial charge in [0.25, 0.3) is 10.0 Å². The van der Waals surface area contributed by atoms with E-state index in [4.69, 9.17) is 5.11 Å². The molecule has 0 aliphatic heterocycles. The molecule has 2 aromatic carbocycles. The third-order valence-electron chi connectivity index (χ3n) is 3.81. The highest BCUT2D eigenvalue weighted by Gasteiger charge is 2.26. The Bertz CT molecular complexity index is 876. The van der Waals surface area contributed by atoms with Gasteiger partial charge >= 0.3 is 5.97 Å². The Labute approximate surface area is 132 Å². The van der Waals surface area contributed by atoms with Gasteiger partial charge in [0.15, 0.2) is 0 Å². The van der Waals surface area contributed by atoms with Crippen molar-refractivity contribution in [2.24, 2.45) is 0 Å². The minimum Gasteiger partial charge on any atom is -0.478 e. The van der Waals surface area contributed by atoms with Crippen LogP contribution in [0.4, 0.5) is 10.1 Å². The van der Waals surface area contributed by atoms with E-state index in [0.29, 0.717) is 18.4 Å². The number of rotatable bonds is 4. The summed E-state index contributed by atoms with van der Waals surface area (Å²) in [6.07, 6.45) is 2.04. The van der Waals surface area contributed by atoms with Crippen LogP contribution < -0.4 is 4.72 Å². The number of carboxylic acids is 1. The van der Waals surface area contributed by atoms with Crippen LogP contribution in [0, 0.1) is 5.82 Å². The summed E-state index contributed by atoms with van der Waals surface area (Å²) in [5.41, 5.74) is 1.58. The van der Waals surface area contributed by atoms with Gasteiger partial charge in [-0.1, -0.05) is 0 Å². The van der Waals surface area contributed by atoms with E-state index in [1.54, 1.807) is 0 Å². The largest absolute Gasteiger partial charge is 0.478 e. The molecule has 0 amide bonds. The number of halogens is 1. The maximum absolute atomic E-state index is 12.9. The Hall–Kier alpha value is -2.41. The zero-order chi connectivity index (χ0) is 16.6. The third kappa shape index (κ3) is 3.05. The van der Waals surface area contributed by atoms with Crippen LogP contribution >= 0.6 is 0 Å². The van der Waals surface area contributed by atoms with Crippen LogP contribution in [0.3, 0.4) is 0 Å². The molecule has 0 saturated heterocycles. The van der Waals surface area contributed by atoms with Crippen LogP contribution in [-0.2, 0) is 22.9 Å². The second-order valence-electron chi connectivity index (χ2n) is 5.38. The fourth-order valence-corrected chi connectivity index (χ4v) is 4.15. The number of hydrogen-bond acceptors (Lipinski definition) is 3. The van der Waals surface area contributed by atoms with E-state index in [-0.39, 0.29) is 16.1 Å². The summed E-state index contributed by atoms with van der Waals surface area (Å²) in [7, 11) is -3.94. The van der Waals surface area contributed by atoms with Gasteiger partial charge < -0.3 is 5.11 Å². The SMILES string of the molecule is O=C(O)c1cc2c(c(S(=O)(=O)Nc3ccc(F)cc3)c1)CCC2. The van der Waals surface area contributed by atoms with E-state index < -0.39 is 21.8 Å². The number of carboxylic acid groups (broad SMARTS) is 1. The molecule has 1 aliphatic carbocycles. The molecular weight excluding hydrogens is 321 g/mol. The number of aromatic carboxylic acids is 1. The van der Waals surface area contributed by atoms with E-state index in [2.05, 4.69) is 4.72 Å². The summed E-state index contributed by atoms with van der Waals surface area (Å²) >= 11 is 0. The first-order chi connectivity index (χ1) is 10.9. The van der Waals surface area contributed by atoms with Crippen molar-refractivity contribution in [2.45, 2.75) is 24.2 Å². The normalized spacial score (nSPS) is 13.6. The number of nitrogens with one attached hydrogen (secondary N) is 1. The molecule has 0 heterocycles. The summed E-state index contributed by atoms with van der Waals surface area (Å²) in [6, 6.07) is 7.63. The molecule has 23 heavy (non-hydrogen) atoms. The van der Waals surface area contributed by atoms with Crippen LogP contribution in [0.2, 0.25) is 0 Å². The third-order valence-corrected chi connectivity index (χ3v) is 5.25. The molecule has 0 fully saturated rings. The Balaban J connectivity index is 2.05. The highest BCUT2D eigenvalue weighted by Crippen LogP contribution is 2.31. The molecule has 0 unspecified atom stereocenters. The molecule has 1 aliphatic rings. The van der Waals surface area contributed by atoms with Crippen molar-refractivity contribution in [1.82, 2.24) is 0 Å². The van der Waals surface area contributed by atoms with Crippen LogP contribution in [-0.4, -0.2) is 19.5 Å². The Morgan fingerprint density at radius 2 is 1.83 bits per heavy atom. The highest BCUT2D eigenvalue weighted by atomic mass is 32.2. The predicted molar refractivity (Wildman–Crippen MR) is 82.6 cm³/mol. The Morgan fingerprint density at radius 3 is 2.48 bits per heavy atom. The number of anilines is 1. The predicted octanol–water partition coefficient (Wildman–Crippen LogP) is 2.81. The lowest BCUT2D eigenvalue weighted by atomic mass is 10.1. The van der Waals surface area contributed by atoms with E-state index >= 15 is 0 Å². The van der Waals surface area contributed by atoms with Gasteiger partial charge in [-0.25, -0.2) is 17.6 Å². The van der Waals surface area contributed by atoms with Gasteiger partial charge in [0.05, 0.1) is 10.5 Å². The van der Waals surface area contributed by atoms with Crippen LogP contribution in [0.25, 0.3) is 0 Å². The zero-order valence-corrected chi connectivity index (χ0v) is 12.9. The van der Waals surface area contributed by atoms with Crippen molar-refractivity contribution in [1.29, 1.82) is 0 Å². The van der Waals surface area contributed by atoms with E-state index in [9.17, 15) is 17.6 Å². The van der Waals surface area contributed by atoms with Crippen molar-refractivity contribution in [3.05, 3.63) is 58.9 Å². The second-order valence-corrected chi connectivity index (χ2v) is 7.03. The fraction of sp³-hybridized carbons (Fsp3) is 0.188. The molecule has 0 atom stereocenters. The minimum atomic E-state index is -3.94. The molecule has 3 rings (SSSR count). The maximum Gasteiger partial charge on any atom is 0.335 e. The van der Waals surface area contributed by atoms with Crippen molar-refractivity contribution in [3.8, 4) is 0 Å². The number of carbonyl (C=O) groups is 1. The number of sulfonamides is 1. The van der Waals surface area contributed by atoms with Crippen LogP contribution in [0.5, 0.6) is 0 Å². The molecule has 0 aromatic heterocycles. The quantitative estimate of drug-likeness (QED) is 0.900. The van der Waals surface area contributed by atoms with Gasteiger partial charge in [0.1, 0.15) is 5.82 Å². The first kappa shape index (κ1) is 15.5. The highest BCUT2D eigenvalue weighted by molar-refractivity contribution is 7.92. The number of hydrogen-bond donors (Lipinski definition) is 2. The number of aryl methyl sites for hydroxylation is 1. The molecule has 0 bridgehead atoms. The lowest BCUT2D eigenvalue weighted by Crippen LogP contribution is -2.16. The fourth-order valence-electron chi connectivity index (χ4n) is 2.76. The Kier molecular flexibility index (Phi) is 3.81. The molecule has 0 radical (unpaired) electrons. The topological polar surface area (TPSA) is 83.5 Å². The number of benzene rings is 2. The average molecular weight is 335 g/mol. The second kappa shape index (κ2) is 5.66. The van der Waals surface area contributed by atoms with Crippen molar-refractivity contribution >= 4 is 21.7 Å². The molecule has 0 spiro atoms. The minimum absolute atomic E-state index is 0.0192. The van der Waals surface area contributed by atoms with E-state index in [1.807, 2.05) is 0 Å². The smallest absolute Gasteiger partial charge is 0.335 e. The molecule has 2 aromatic rings. The average Bonchev–Trinajstić information content (AvgIpc) is 2.96. The van der Waals surface area contributed by atoms with Crippen molar-refractivity contribution < 1.29 is 22.7 Å². The summed E-state index contributed by atoms with van der Waals surface area (Å²) in [4.78, 5) is 11.2. The van der Waals surface area contributed by atoms with Gasteiger partial charge in [-0.15, -0.1) is 0 Å². The molecular formula is C16H14FNO4S. The molecule has 2 N–H and O–H groups in total. The summed E-state index contributed by atoms with van der Waals surface area (Å²) in [5.74, 6) is -1.64.